The molecule has 1 fully saturated rings. The summed E-state index contributed by atoms with van der Waals surface area (Å²) in [4.78, 5) is 37.8. The van der Waals surface area contributed by atoms with E-state index in [0.29, 0.717) is 30.8 Å². The molecule has 0 saturated carbocycles. The second-order valence-corrected chi connectivity index (χ2v) is 6.58. The number of fused-ring (bicyclic) bond motifs is 1. The largest absolute Gasteiger partial charge is 0.354 e. The highest BCUT2D eigenvalue weighted by molar-refractivity contribution is 6.30. The van der Waals surface area contributed by atoms with Crippen LogP contribution < -0.4 is 5.32 Å². The van der Waals surface area contributed by atoms with Crippen LogP contribution in [0.4, 0.5) is 0 Å². The average molecular weight is 347 g/mol. The first-order chi connectivity index (χ1) is 11.6. The van der Waals surface area contributed by atoms with E-state index in [9.17, 15) is 14.4 Å². The van der Waals surface area contributed by atoms with Crippen LogP contribution in [0.3, 0.4) is 0 Å². The van der Waals surface area contributed by atoms with Crippen LogP contribution >= 0.6 is 11.6 Å². The molecular formula is C18H19ClN2O3. The van der Waals surface area contributed by atoms with Gasteiger partial charge in [-0.05, 0) is 37.0 Å². The van der Waals surface area contributed by atoms with Crippen molar-refractivity contribution in [2.75, 3.05) is 13.1 Å². The molecule has 1 N–H and O–H groups in total. The maximum atomic E-state index is 12.3. The first kappa shape index (κ1) is 16.7. The molecule has 0 spiro atoms. The molecule has 3 rings (SSSR count). The van der Waals surface area contributed by atoms with Gasteiger partial charge in [0.1, 0.15) is 6.54 Å². The van der Waals surface area contributed by atoms with E-state index in [-0.39, 0.29) is 36.1 Å². The average Bonchev–Trinajstić information content (AvgIpc) is 2.80. The molecule has 6 heteroatoms. The van der Waals surface area contributed by atoms with Gasteiger partial charge in [0.05, 0.1) is 11.8 Å². The Labute approximate surface area is 145 Å². The van der Waals surface area contributed by atoms with Gasteiger partial charge in [-0.2, -0.15) is 0 Å². The number of hydrogen-bond acceptors (Lipinski definition) is 3. The number of amides is 3. The summed E-state index contributed by atoms with van der Waals surface area (Å²) in [6, 6.07) is 7.43. The number of nitrogens with zero attached hydrogens (tertiary/aromatic N) is 1. The van der Waals surface area contributed by atoms with E-state index in [0.717, 1.165) is 10.5 Å². The number of benzene rings is 1. The molecule has 0 radical (unpaired) electrons. The number of nitrogens with one attached hydrogen (secondary N) is 1. The molecule has 1 aromatic carbocycles. The Morgan fingerprint density at radius 2 is 1.83 bits per heavy atom. The summed E-state index contributed by atoms with van der Waals surface area (Å²) in [5.41, 5.74) is 1.02. The zero-order chi connectivity index (χ0) is 17.1. The molecule has 2 atom stereocenters. The normalized spacial score (nSPS) is 22.6. The lowest BCUT2D eigenvalue weighted by Gasteiger charge is -2.14. The molecule has 2 aliphatic rings. The van der Waals surface area contributed by atoms with E-state index in [2.05, 4.69) is 5.32 Å². The molecule has 0 bridgehead atoms. The molecule has 1 aliphatic carbocycles. The fourth-order valence-corrected chi connectivity index (χ4v) is 3.48. The van der Waals surface area contributed by atoms with Gasteiger partial charge >= 0.3 is 0 Å². The maximum absolute atomic E-state index is 12.3. The second-order valence-electron chi connectivity index (χ2n) is 6.15. The van der Waals surface area contributed by atoms with E-state index in [1.54, 1.807) is 6.07 Å². The predicted octanol–water partition coefficient (Wildman–Crippen LogP) is 1.95. The third kappa shape index (κ3) is 3.51. The quantitative estimate of drug-likeness (QED) is 0.654. The van der Waals surface area contributed by atoms with Gasteiger partial charge in [-0.15, -0.1) is 0 Å². The Morgan fingerprint density at radius 1 is 1.17 bits per heavy atom. The highest BCUT2D eigenvalue weighted by Crippen LogP contribution is 2.34. The van der Waals surface area contributed by atoms with Crippen molar-refractivity contribution in [1.82, 2.24) is 10.2 Å². The summed E-state index contributed by atoms with van der Waals surface area (Å²) in [6.07, 6.45) is 5.68. The van der Waals surface area contributed by atoms with Crippen molar-refractivity contribution >= 4 is 29.3 Å². The summed E-state index contributed by atoms with van der Waals surface area (Å²) in [5.74, 6) is -1.34. The van der Waals surface area contributed by atoms with Crippen molar-refractivity contribution in [2.24, 2.45) is 11.8 Å². The van der Waals surface area contributed by atoms with Gasteiger partial charge in [0.2, 0.25) is 17.7 Å². The Kier molecular flexibility index (Phi) is 5.00. The van der Waals surface area contributed by atoms with E-state index >= 15 is 0 Å². The standard InChI is InChI=1S/C18H19ClN2O3/c19-13-5-3-4-12(10-13)8-9-20-16(22)11-21-17(23)14-6-1-2-7-15(14)18(21)24/h1-5,10,14-15H,6-9,11H2,(H,20,22)/t14-,15-/m0/s1. The number of carbonyl (C=O) groups excluding carboxylic acids is 3. The SMILES string of the molecule is O=C(CN1C(=O)[C@H]2CC=CC[C@@H]2C1=O)NCCc1cccc(Cl)c1. The van der Waals surface area contributed by atoms with E-state index < -0.39 is 0 Å². The zero-order valence-corrected chi connectivity index (χ0v) is 14.0. The van der Waals surface area contributed by atoms with Gasteiger partial charge < -0.3 is 5.32 Å². The summed E-state index contributed by atoms with van der Waals surface area (Å²) in [5, 5.41) is 3.41. The maximum Gasteiger partial charge on any atom is 0.240 e. The topological polar surface area (TPSA) is 66.5 Å². The summed E-state index contributed by atoms with van der Waals surface area (Å²) >= 11 is 5.92. The van der Waals surface area contributed by atoms with Crippen LogP contribution in [-0.4, -0.2) is 35.7 Å². The number of allylic oxidation sites excluding steroid dienone is 2. The molecule has 1 heterocycles. The van der Waals surface area contributed by atoms with Gasteiger partial charge in [-0.3, -0.25) is 19.3 Å². The lowest BCUT2D eigenvalue weighted by atomic mass is 9.85. The van der Waals surface area contributed by atoms with E-state index in [4.69, 9.17) is 11.6 Å². The third-order valence-corrected chi connectivity index (χ3v) is 4.76. The summed E-state index contributed by atoms with van der Waals surface area (Å²) < 4.78 is 0. The Morgan fingerprint density at radius 3 is 2.46 bits per heavy atom. The van der Waals surface area contributed by atoms with Crippen LogP contribution in [0.1, 0.15) is 18.4 Å². The number of likely N-dealkylation sites (tertiary alicyclic amines) is 1. The number of halogens is 1. The lowest BCUT2D eigenvalue weighted by Crippen LogP contribution is -2.41. The molecule has 126 valence electrons. The minimum Gasteiger partial charge on any atom is -0.354 e. The minimum atomic E-state index is -0.315. The molecular weight excluding hydrogens is 328 g/mol. The van der Waals surface area contributed by atoms with Gasteiger partial charge in [0.15, 0.2) is 0 Å². The Balaban J connectivity index is 1.50. The highest BCUT2D eigenvalue weighted by Gasteiger charge is 2.47. The van der Waals surface area contributed by atoms with Gasteiger partial charge in [-0.25, -0.2) is 0 Å². The molecule has 1 aromatic rings. The number of carbonyl (C=O) groups is 3. The van der Waals surface area contributed by atoms with Crippen LogP contribution in [0.15, 0.2) is 36.4 Å². The number of rotatable bonds is 5. The van der Waals surface area contributed by atoms with E-state index in [1.807, 2.05) is 30.4 Å². The fraction of sp³-hybridized carbons (Fsp3) is 0.389. The van der Waals surface area contributed by atoms with Crippen molar-refractivity contribution in [2.45, 2.75) is 19.3 Å². The molecule has 3 amide bonds. The van der Waals surface area contributed by atoms with Crippen molar-refractivity contribution in [3.63, 3.8) is 0 Å². The van der Waals surface area contributed by atoms with Crippen LogP contribution in [0, 0.1) is 11.8 Å². The first-order valence-electron chi connectivity index (χ1n) is 8.07. The Hall–Kier alpha value is -2.14. The molecule has 0 aromatic heterocycles. The zero-order valence-electron chi connectivity index (χ0n) is 13.2. The van der Waals surface area contributed by atoms with Crippen LogP contribution in [0.25, 0.3) is 0 Å². The van der Waals surface area contributed by atoms with Gasteiger partial charge in [0, 0.05) is 11.6 Å². The predicted molar refractivity (Wildman–Crippen MR) is 90.2 cm³/mol. The second kappa shape index (κ2) is 7.18. The molecule has 0 unspecified atom stereocenters. The van der Waals surface area contributed by atoms with Crippen LogP contribution in [0.2, 0.25) is 5.02 Å². The molecule has 5 nitrogen and oxygen atoms in total. The monoisotopic (exact) mass is 346 g/mol. The van der Waals surface area contributed by atoms with Crippen molar-refractivity contribution < 1.29 is 14.4 Å². The summed E-state index contributed by atoms with van der Waals surface area (Å²) in [6.45, 7) is 0.240. The van der Waals surface area contributed by atoms with Gasteiger partial charge in [0.25, 0.3) is 0 Å². The number of imide groups is 1. The Bertz CT molecular complexity index is 675. The summed E-state index contributed by atoms with van der Waals surface area (Å²) in [7, 11) is 0. The van der Waals surface area contributed by atoms with Crippen molar-refractivity contribution in [3.8, 4) is 0 Å². The smallest absolute Gasteiger partial charge is 0.240 e. The molecule has 24 heavy (non-hydrogen) atoms. The fourth-order valence-electron chi connectivity index (χ4n) is 3.26. The molecule has 1 aliphatic heterocycles. The third-order valence-electron chi connectivity index (χ3n) is 4.53. The van der Waals surface area contributed by atoms with Crippen LogP contribution in [-0.2, 0) is 20.8 Å². The van der Waals surface area contributed by atoms with E-state index in [1.165, 1.54) is 0 Å². The van der Waals surface area contributed by atoms with Crippen LogP contribution in [0.5, 0.6) is 0 Å². The molecule has 1 saturated heterocycles. The van der Waals surface area contributed by atoms with Crippen molar-refractivity contribution in [1.29, 1.82) is 0 Å². The minimum absolute atomic E-state index is 0.194. The van der Waals surface area contributed by atoms with Gasteiger partial charge in [-0.1, -0.05) is 35.9 Å². The lowest BCUT2D eigenvalue weighted by molar-refractivity contribution is -0.143. The number of hydrogen-bond donors (Lipinski definition) is 1. The highest BCUT2D eigenvalue weighted by atomic mass is 35.5. The first-order valence-corrected chi connectivity index (χ1v) is 8.45. The van der Waals surface area contributed by atoms with Crippen molar-refractivity contribution in [3.05, 3.63) is 47.0 Å².